The molecular weight excluding hydrogens is 301 g/mol. The molecule has 1 amide bonds. The minimum absolute atomic E-state index is 0.0786. The Hall–Kier alpha value is -1.82. The third-order valence-corrected chi connectivity index (χ3v) is 2.72. The number of benzene rings is 1. The zero-order valence-corrected chi connectivity index (χ0v) is 12.7. The smallest absolute Gasteiger partial charge is 0.408 e. The molecule has 7 heteroatoms. The van der Waals surface area contributed by atoms with Gasteiger partial charge in [0.25, 0.3) is 0 Å². The first kappa shape index (κ1) is 17.2. The predicted molar refractivity (Wildman–Crippen MR) is 75.8 cm³/mol. The average Bonchev–Trinajstić information content (AvgIpc) is 2.28. The molecule has 0 saturated carbocycles. The topological polar surface area (TPSA) is 75.6 Å². The van der Waals surface area contributed by atoms with Crippen molar-refractivity contribution >= 4 is 23.7 Å². The maximum Gasteiger partial charge on any atom is 0.408 e. The number of hydrogen-bond acceptors (Lipinski definition) is 3. The van der Waals surface area contributed by atoms with Gasteiger partial charge in [-0.05, 0) is 38.5 Å². The fourth-order valence-electron chi connectivity index (χ4n) is 1.61. The molecule has 1 aromatic carbocycles. The van der Waals surface area contributed by atoms with E-state index in [1.54, 1.807) is 20.8 Å². The summed E-state index contributed by atoms with van der Waals surface area (Å²) in [6.07, 6.45) is -1.18. The predicted octanol–water partition coefficient (Wildman–Crippen LogP) is 3.52. The van der Waals surface area contributed by atoms with Gasteiger partial charge >= 0.3 is 12.1 Å². The molecular formula is C14H17ClFNO4. The summed E-state index contributed by atoms with van der Waals surface area (Å²) in [5, 5.41) is 11.2. The van der Waals surface area contributed by atoms with Crippen molar-refractivity contribution in [2.24, 2.45) is 0 Å². The minimum atomic E-state index is -1.13. The number of nitrogens with one attached hydrogen (secondary N) is 1. The lowest BCUT2D eigenvalue weighted by Gasteiger charge is -2.23. The molecule has 116 valence electrons. The van der Waals surface area contributed by atoms with E-state index >= 15 is 0 Å². The van der Waals surface area contributed by atoms with Crippen LogP contribution in [0, 0.1) is 5.82 Å². The van der Waals surface area contributed by atoms with Gasteiger partial charge in [-0.25, -0.2) is 9.18 Å². The number of carbonyl (C=O) groups excluding carboxylic acids is 1. The summed E-state index contributed by atoms with van der Waals surface area (Å²) >= 11 is 5.58. The van der Waals surface area contributed by atoms with Crippen LogP contribution in [-0.2, 0) is 9.53 Å². The fourth-order valence-corrected chi connectivity index (χ4v) is 1.72. The van der Waals surface area contributed by atoms with Gasteiger partial charge in [-0.1, -0.05) is 17.7 Å². The van der Waals surface area contributed by atoms with Crippen LogP contribution >= 0.6 is 11.6 Å². The molecule has 2 N–H and O–H groups in total. The maximum absolute atomic E-state index is 13.5. The van der Waals surface area contributed by atoms with Crippen LogP contribution in [0.5, 0.6) is 0 Å². The molecule has 0 unspecified atom stereocenters. The molecule has 0 aromatic heterocycles. The third-order valence-electron chi connectivity index (χ3n) is 2.42. The average molecular weight is 318 g/mol. The van der Waals surface area contributed by atoms with Gasteiger partial charge in [-0.3, -0.25) is 4.79 Å². The maximum atomic E-state index is 13.5. The molecule has 0 fully saturated rings. The van der Waals surface area contributed by atoms with Crippen LogP contribution in [0.4, 0.5) is 9.18 Å². The molecule has 0 aliphatic carbocycles. The van der Waals surface area contributed by atoms with Crippen molar-refractivity contribution in [1.29, 1.82) is 0 Å². The number of halogens is 2. The molecule has 0 spiro atoms. The van der Waals surface area contributed by atoms with E-state index in [4.69, 9.17) is 21.4 Å². The molecule has 1 rings (SSSR count). The van der Waals surface area contributed by atoms with E-state index in [0.717, 1.165) is 6.07 Å². The number of carboxylic acid groups (broad SMARTS) is 1. The molecule has 0 radical (unpaired) electrons. The molecule has 0 aliphatic heterocycles. The summed E-state index contributed by atoms with van der Waals surface area (Å²) in [6.45, 7) is 5.04. The third kappa shape index (κ3) is 5.99. The van der Waals surface area contributed by atoms with Crippen molar-refractivity contribution in [2.45, 2.75) is 38.8 Å². The van der Waals surface area contributed by atoms with E-state index in [1.807, 2.05) is 0 Å². The zero-order chi connectivity index (χ0) is 16.2. The van der Waals surface area contributed by atoms with Crippen molar-refractivity contribution in [3.8, 4) is 0 Å². The number of carboxylic acids is 1. The van der Waals surface area contributed by atoms with Crippen molar-refractivity contribution in [1.82, 2.24) is 5.32 Å². The van der Waals surface area contributed by atoms with Crippen molar-refractivity contribution in [2.75, 3.05) is 0 Å². The van der Waals surface area contributed by atoms with Crippen LogP contribution in [0.25, 0.3) is 0 Å². The van der Waals surface area contributed by atoms with Crippen LogP contribution in [0.1, 0.15) is 38.8 Å². The van der Waals surface area contributed by atoms with E-state index in [2.05, 4.69) is 5.32 Å². The Labute approximate surface area is 127 Å². The number of rotatable bonds is 4. The second-order valence-corrected chi connectivity index (χ2v) is 5.88. The summed E-state index contributed by atoms with van der Waals surface area (Å²) in [7, 11) is 0. The Morgan fingerprint density at radius 3 is 2.52 bits per heavy atom. The second-order valence-electron chi connectivity index (χ2n) is 5.47. The lowest BCUT2D eigenvalue weighted by molar-refractivity contribution is -0.137. The van der Waals surface area contributed by atoms with Gasteiger partial charge < -0.3 is 15.2 Å². The molecule has 0 heterocycles. The van der Waals surface area contributed by atoms with Gasteiger partial charge in [0.2, 0.25) is 0 Å². The van der Waals surface area contributed by atoms with Crippen LogP contribution in [-0.4, -0.2) is 22.8 Å². The van der Waals surface area contributed by atoms with E-state index in [0.29, 0.717) is 5.56 Å². The molecule has 5 nitrogen and oxygen atoms in total. The summed E-state index contributed by atoms with van der Waals surface area (Å²) in [5.41, 5.74) is -0.423. The highest BCUT2D eigenvalue weighted by atomic mass is 35.5. The zero-order valence-electron chi connectivity index (χ0n) is 11.9. The molecule has 0 saturated heterocycles. The quantitative estimate of drug-likeness (QED) is 0.891. The Morgan fingerprint density at radius 2 is 2.05 bits per heavy atom. The van der Waals surface area contributed by atoms with E-state index in [9.17, 15) is 14.0 Å². The van der Waals surface area contributed by atoms with Gasteiger partial charge in [-0.15, -0.1) is 0 Å². The molecule has 1 aromatic rings. The minimum Gasteiger partial charge on any atom is -0.481 e. The molecule has 1 atom stereocenters. The highest BCUT2D eigenvalue weighted by Crippen LogP contribution is 2.23. The van der Waals surface area contributed by atoms with Gasteiger partial charge in [-0.2, -0.15) is 0 Å². The van der Waals surface area contributed by atoms with Crippen molar-refractivity contribution < 1.29 is 23.8 Å². The Kier molecular flexibility index (Phi) is 5.54. The molecule has 21 heavy (non-hydrogen) atoms. The van der Waals surface area contributed by atoms with Gasteiger partial charge in [0.05, 0.1) is 17.5 Å². The largest absolute Gasteiger partial charge is 0.481 e. The summed E-state index contributed by atoms with van der Waals surface area (Å²) < 4.78 is 18.5. The van der Waals surface area contributed by atoms with Crippen LogP contribution in [0.15, 0.2) is 18.2 Å². The SMILES string of the molecule is CC(C)(C)OC(=O)N[C@@H](CC(=O)O)c1ccc(Cl)c(F)c1. The number of aliphatic carboxylic acids is 1. The highest BCUT2D eigenvalue weighted by molar-refractivity contribution is 6.30. The number of ether oxygens (including phenoxy) is 1. The van der Waals surface area contributed by atoms with E-state index < -0.39 is 35.9 Å². The first-order chi connectivity index (χ1) is 9.58. The van der Waals surface area contributed by atoms with Crippen molar-refractivity contribution in [3.63, 3.8) is 0 Å². The molecule has 0 bridgehead atoms. The van der Waals surface area contributed by atoms with Crippen LogP contribution < -0.4 is 5.32 Å². The lowest BCUT2D eigenvalue weighted by Crippen LogP contribution is -2.35. The summed E-state index contributed by atoms with van der Waals surface area (Å²) in [6, 6.07) is 2.94. The fraction of sp³-hybridized carbons (Fsp3) is 0.429. The summed E-state index contributed by atoms with van der Waals surface area (Å²) in [4.78, 5) is 22.6. The number of carbonyl (C=O) groups is 2. The first-order valence-electron chi connectivity index (χ1n) is 6.25. The van der Waals surface area contributed by atoms with Gasteiger partial charge in [0.15, 0.2) is 0 Å². The lowest BCUT2D eigenvalue weighted by atomic mass is 10.0. The Balaban J connectivity index is 2.92. The Bertz CT molecular complexity index is 542. The monoisotopic (exact) mass is 317 g/mol. The van der Waals surface area contributed by atoms with Gasteiger partial charge in [0, 0.05) is 0 Å². The Morgan fingerprint density at radius 1 is 1.43 bits per heavy atom. The van der Waals surface area contributed by atoms with Gasteiger partial charge in [0.1, 0.15) is 11.4 Å². The number of hydrogen-bond donors (Lipinski definition) is 2. The second kappa shape index (κ2) is 6.76. The van der Waals surface area contributed by atoms with E-state index in [1.165, 1.54) is 12.1 Å². The first-order valence-corrected chi connectivity index (χ1v) is 6.62. The highest BCUT2D eigenvalue weighted by Gasteiger charge is 2.23. The normalized spacial score (nSPS) is 12.6. The van der Waals surface area contributed by atoms with Crippen LogP contribution in [0.3, 0.4) is 0 Å². The van der Waals surface area contributed by atoms with Crippen LogP contribution in [0.2, 0.25) is 5.02 Å². The summed E-state index contributed by atoms with van der Waals surface area (Å²) in [5.74, 6) is -1.82. The molecule has 0 aliphatic rings. The number of alkyl carbamates (subject to hydrolysis) is 1. The van der Waals surface area contributed by atoms with Crippen molar-refractivity contribution in [3.05, 3.63) is 34.6 Å². The number of amides is 1. The van der Waals surface area contributed by atoms with E-state index in [-0.39, 0.29) is 5.02 Å². The standard InChI is InChI=1S/C14H17ClFNO4/c1-14(2,3)21-13(20)17-11(7-12(18)19)8-4-5-9(15)10(16)6-8/h4-6,11H,7H2,1-3H3,(H,17,20)(H,18,19)/t11-/m0/s1.